The molecule has 2 atom stereocenters. The zero-order valence-electron chi connectivity index (χ0n) is 12.9. The van der Waals surface area contributed by atoms with E-state index < -0.39 is 11.5 Å². The Labute approximate surface area is 117 Å². The lowest BCUT2D eigenvalue weighted by Gasteiger charge is -2.29. The van der Waals surface area contributed by atoms with E-state index in [1.54, 1.807) is 6.92 Å². The van der Waals surface area contributed by atoms with E-state index in [-0.39, 0.29) is 6.04 Å². The minimum atomic E-state index is -0.785. The summed E-state index contributed by atoms with van der Waals surface area (Å²) in [6, 6.07) is 0.195. The van der Waals surface area contributed by atoms with Crippen molar-refractivity contribution in [2.24, 2.45) is 5.92 Å². The quantitative estimate of drug-likeness (QED) is 0.665. The third-order valence-corrected chi connectivity index (χ3v) is 3.99. The molecule has 0 aliphatic carbocycles. The molecule has 0 saturated carbocycles. The fourth-order valence-electron chi connectivity index (χ4n) is 2.92. The Morgan fingerprint density at radius 3 is 2.63 bits per heavy atom. The van der Waals surface area contributed by atoms with Crippen molar-refractivity contribution in [3.05, 3.63) is 0 Å². The highest BCUT2D eigenvalue weighted by molar-refractivity contribution is 5.78. The Morgan fingerprint density at radius 2 is 2.16 bits per heavy atom. The van der Waals surface area contributed by atoms with Gasteiger partial charge < -0.3 is 10.0 Å². The summed E-state index contributed by atoms with van der Waals surface area (Å²) < 4.78 is 0. The second-order valence-electron chi connectivity index (χ2n) is 6.59. The second-order valence-corrected chi connectivity index (χ2v) is 6.59. The molecule has 0 radical (unpaired) electrons. The first kappa shape index (κ1) is 16.4. The van der Waals surface area contributed by atoms with E-state index in [1.807, 2.05) is 13.8 Å². The van der Waals surface area contributed by atoms with Crippen LogP contribution in [0.25, 0.3) is 0 Å². The van der Waals surface area contributed by atoms with Gasteiger partial charge in [-0.3, -0.25) is 10.1 Å². The molecule has 1 saturated heterocycles. The molecule has 2 unspecified atom stereocenters. The molecular weight excluding hydrogens is 240 g/mol. The van der Waals surface area contributed by atoms with E-state index in [1.165, 1.54) is 19.5 Å². The molecular formula is C15H30N2O2. The summed E-state index contributed by atoms with van der Waals surface area (Å²) in [6.45, 7) is 11.6. The molecule has 1 aliphatic rings. The van der Waals surface area contributed by atoms with Crippen LogP contribution in [-0.4, -0.2) is 47.2 Å². The first-order valence-electron chi connectivity index (χ1n) is 7.57. The van der Waals surface area contributed by atoms with Crippen LogP contribution in [0.15, 0.2) is 0 Å². The van der Waals surface area contributed by atoms with Crippen LogP contribution in [0.1, 0.15) is 53.4 Å². The van der Waals surface area contributed by atoms with Gasteiger partial charge >= 0.3 is 5.97 Å². The van der Waals surface area contributed by atoms with Crippen molar-refractivity contribution < 1.29 is 9.90 Å². The highest BCUT2D eigenvalue weighted by Crippen LogP contribution is 2.18. The third kappa shape index (κ3) is 5.49. The van der Waals surface area contributed by atoms with Gasteiger partial charge in [0, 0.05) is 12.6 Å². The Balaban J connectivity index is 2.27. The number of unbranched alkanes of at least 4 members (excludes halogenated alkanes) is 1. The first-order valence-corrected chi connectivity index (χ1v) is 7.57. The molecule has 0 spiro atoms. The molecule has 19 heavy (non-hydrogen) atoms. The van der Waals surface area contributed by atoms with Crippen LogP contribution in [0.2, 0.25) is 0 Å². The number of carboxylic acid groups (broad SMARTS) is 1. The second kappa shape index (κ2) is 7.25. The van der Waals surface area contributed by atoms with Gasteiger partial charge in [-0.2, -0.15) is 0 Å². The Bertz CT molecular complexity index is 294. The van der Waals surface area contributed by atoms with E-state index >= 15 is 0 Å². The summed E-state index contributed by atoms with van der Waals surface area (Å²) in [5.41, 5.74) is -0.785. The van der Waals surface area contributed by atoms with Gasteiger partial charge in [0.2, 0.25) is 0 Å². The van der Waals surface area contributed by atoms with Gasteiger partial charge in [0.15, 0.2) is 0 Å². The minimum Gasteiger partial charge on any atom is -0.480 e. The van der Waals surface area contributed by atoms with Gasteiger partial charge in [0.25, 0.3) is 0 Å². The van der Waals surface area contributed by atoms with Crippen LogP contribution in [0.4, 0.5) is 0 Å². The molecule has 0 aromatic carbocycles. The maximum atomic E-state index is 11.4. The molecule has 0 bridgehead atoms. The van der Waals surface area contributed by atoms with Crippen molar-refractivity contribution in [1.82, 2.24) is 10.2 Å². The molecule has 4 nitrogen and oxygen atoms in total. The largest absolute Gasteiger partial charge is 0.480 e. The van der Waals surface area contributed by atoms with Crippen molar-refractivity contribution in [3.8, 4) is 0 Å². The van der Waals surface area contributed by atoms with E-state index in [0.29, 0.717) is 6.42 Å². The van der Waals surface area contributed by atoms with Crippen molar-refractivity contribution in [2.45, 2.75) is 65.0 Å². The number of nitrogens with one attached hydrogen (secondary N) is 1. The molecule has 4 heteroatoms. The predicted molar refractivity (Wildman–Crippen MR) is 78.4 cm³/mol. The summed E-state index contributed by atoms with van der Waals surface area (Å²) in [5.74, 6) is 0.0860. The molecule has 2 N–H and O–H groups in total. The highest BCUT2D eigenvalue weighted by atomic mass is 16.4. The molecule has 0 amide bonds. The van der Waals surface area contributed by atoms with Crippen molar-refractivity contribution in [3.63, 3.8) is 0 Å². The third-order valence-electron chi connectivity index (χ3n) is 3.99. The summed E-state index contributed by atoms with van der Waals surface area (Å²) in [7, 11) is 0. The molecule has 0 aromatic rings. The number of nitrogens with zero attached hydrogens (tertiary/aromatic N) is 1. The minimum absolute atomic E-state index is 0.195. The van der Waals surface area contributed by atoms with E-state index in [9.17, 15) is 9.90 Å². The van der Waals surface area contributed by atoms with E-state index in [0.717, 1.165) is 25.3 Å². The van der Waals surface area contributed by atoms with Crippen LogP contribution < -0.4 is 5.32 Å². The molecule has 112 valence electrons. The predicted octanol–water partition coefficient (Wildman–Crippen LogP) is 2.34. The smallest absolute Gasteiger partial charge is 0.323 e. The van der Waals surface area contributed by atoms with Crippen LogP contribution in [0.3, 0.4) is 0 Å². The van der Waals surface area contributed by atoms with Gasteiger partial charge in [-0.15, -0.1) is 0 Å². The van der Waals surface area contributed by atoms with Crippen LogP contribution in [0.5, 0.6) is 0 Å². The summed E-state index contributed by atoms with van der Waals surface area (Å²) in [6.07, 6.45) is 4.06. The molecule has 1 fully saturated rings. The average Bonchev–Trinajstić information content (AvgIpc) is 2.69. The Morgan fingerprint density at radius 1 is 1.47 bits per heavy atom. The maximum absolute atomic E-state index is 11.4. The lowest BCUT2D eigenvalue weighted by Crippen LogP contribution is -2.52. The average molecular weight is 270 g/mol. The van der Waals surface area contributed by atoms with E-state index in [4.69, 9.17) is 0 Å². The highest BCUT2D eigenvalue weighted by Gasteiger charge is 2.32. The summed E-state index contributed by atoms with van der Waals surface area (Å²) in [5, 5.41) is 12.5. The zero-order chi connectivity index (χ0) is 14.5. The normalized spacial score (nSPS) is 23.7. The standard InChI is InChI=1S/C15H30N2O2/c1-12(2)16-15(4,14(18)19)8-5-6-9-17-10-7-13(3)11-17/h12-13,16H,5-11H2,1-4H3,(H,18,19). The number of carboxylic acids is 1. The topological polar surface area (TPSA) is 52.6 Å². The monoisotopic (exact) mass is 270 g/mol. The first-order chi connectivity index (χ1) is 8.83. The van der Waals surface area contributed by atoms with Crippen LogP contribution in [0, 0.1) is 5.92 Å². The van der Waals surface area contributed by atoms with Gasteiger partial charge in [-0.05, 0) is 65.5 Å². The van der Waals surface area contributed by atoms with Crippen molar-refractivity contribution in [1.29, 1.82) is 0 Å². The van der Waals surface area contributed by atoms with Gasteiger partial charge in [-0.1, -0.05) is 6.92 Å². The number of hydrogen-bond acceptors (Lipinski definition) is 3. The van der Waals surface area contributed by atoms with Gasteiger partial charge in [-0.25, -0.2) is 0 Å². The number of hydrogen-bond donors (Lipinski definition) is 2. The Kier molecular flexibility index (Phi) is 6.27. The lowest BCUT2D eigenvalue weighted by molar-refractivity contribution is -0.144. The zero-order valence-corrected chi connectivity index (χ0v) is 12.9. The Hall–Kier alpha value is -0.610. The number of aliphatic carboxylic acids is 1. The van der Waals surface area contributed by atoms with E-state index in [2.05, 4.69) is 17.1 Å². The SMILES string of the molecule is CC1CCN(CCCCC(C)(NC(C)C)C(=O)O)C1. The maximum Gasteiger partial charge on any atom is 0.323 e. The van der Waals surface area contributed by atoms with Crippen LogP contribution in [-0.2, 0) is 4.79 Å². The number of carbonyl (C=O) groups is 1. The summed E-state index contributed by atoms with van der Waals surface area (Å²) >= 11 is 0. The fraction of sp³-hybridized carbons (Fsp3) is 0.933. The number of likely N-dealkylation sites (tertiary alicyclic amines) is 1. The molecule has 1 rings (SSSR count). The lowest BCUT2D eigenvalue weighted by atomic mass is 9.94. The van der Waals surface area contributed by atoms with Crippen LogP contribution >= 0.6 is 0 Å². The van der Waals surface area contributed by atoms with Crippen molar-refractivity contribution >= 4 is 5.97 Å². The fourth-order valence-corrected chi connectivity index (χ4v) is 2.92. The molecule has 1 heterocycles. The summed E-state index contributed by atoms with van der Waals surface area (Å²) in [4.78, 5) is 13.9. The molecule has 0 aromatic heterocycles. The van der Waals surface area contributed by atoms with Crippen molar-refractivity contribution in [2.75, 3.05) is 19.6 Å². The van der Waals surface area contributed by atoms with Gasteiger partial charge in [0.05, 0.1) is 0 Å². The number of rotatable bonds is 8. The molecule has 1 aliphatic heterocycles. The van der Waals surface area contributed by atoms with Gasteiger partial charge in [0.1, 0.15) is 5.54 Å².